The lowest BCUT2D eigenvalue weighted by atomic mass is 10.0. The number of rotatable bonds is 5. The van der Waals surface area contributed by atoms with Crippen LogP contribution in [0.1, 0.15) is 29.7 Å². The minimum atomic E-state index is -0.166. The van der Waals surface area contributed by atoms with Gasteiger partial charge >= 0.3 is 0 Å². The zero-order valence-corrected chi connectivity index (χ0v) is 13.4. The van der Waals surface area contributed by atoms with Crippen molar-refractivity contribution in [3.63, 3.8) is 0 Å². The minimum Gasteiger partial charge on any atom is -0.310 e. The van der Waals surface area contributed by atoms with Crippen LogP contribution in [-0.2, 0) is 6.42 Å². The minimum absolute atomic E-state index is 0.166. The van der Waals surface area contributed by atoms with Gasteiger partial charge in [-0.1, -0.05) is 40.2 Å². The van der Waals surface area contributed by atoms with Gasteiger partial charge in [-0.15, -0.1) is 0 Å². The van der Waals surface area contributed by atoms with E-state index in [0.29, 0.717) is 0 Å². The lowest BCUT2D eigenvalue weighted by Gasteiger charge is -2.16. The van der Waals surface area contributed by atoms with Crippen molar-refractivity contribution in [2.75, 3.05) is 6.54 Å². The van der Waals surface area contributed by atoms with E-state index < -0.39 is 0 Å². The second-order valence-electron chi connectivity index (χ2n) is 5.02. The standard InChI is InChI=1S/C17H19BrFN/c1-12-11-15(19)8-7-14(12)9-10-20-13(2)16-5-3-4-6-17(16)18/h3-8,11,13,20H,9-10H2,1-2H3. The Morgan fingerprint density at radius 1 is 1.20 bits per heavy atom. The first-order valence-corrected chi connectivity index (χ1v) is 7.60. The largest absolute Gasteiger partial charge is 0.310 e. The fourth-order valence-corrected chi connectivity index (χ4v) is 2.93. The molecule has 1 unspecified atom stereocenters. The molecule has 0 amide bonds. The maximum Gasteiger partial charge on any atom is 0.123 e. The van der Waals surface area contributed by atoms with Crippen LogP contribution in [0.15, 0.2) is 46.9 Å². The number of halogens is 2. The number of aryl methyl sites for hydroxylation is 1. The van der Waals surface area contributed by atoms with Crippen molar-refractivity contribution >= 4 is 15.9 Å². The quantitative estimate of drug-likeness (QED) is 0.828. The highest BCUT2D eigenvalue weighted by molar-refractivity contribution is 9.10. The Morgan fingerprint density at radius 2 is 1.95 bits per heavy atom. The number of benzene rings is 2. The molecule has 0 heterocycles. The van der Waals surface area contributed by atoms with E-state index in [2.05, 4.69) is 40.3 Å². The van der Waals surface area contributed by atoms with E-state index in [1.54, 1.807) is 6.07 Å². The molecular weight excluding hydrogens is 317 g/mol. The Labute approximate surface area is 128 Å². The van der Waals surface area contributed by atoms with Crippen molar-refractivity contribution in [3.05, 3.63) is 69.4 Å². The summed E-state index contributed by atoms with van der Waals surface area (Å²) in [6.07, 6.45) is 0.904. The highest BCUT2D eigenvalue weighted by Gasteiger charge is 2.08. The van der Waals surface area contributed by atoms with Crippen molar-refractivity contribution in [1.29, 1.82) is 0 Å². The lowest BCUT2D eigenvalue weighted by molar-refractivity contribution is 0.573. The van der Waals surface area contributed by atoms with Crippen molar-refractivity contribution in [1.82, 2.24) is 5.32 Å². The molecule has 1 N–H and O–H groups in total. The zero-order chi connectivity index (χ0) is 14.5. The van der Waals surface area contributed by atoms with E-state index in [0.717, 1.165) is 23.0 Å². The average molecular weight is 336 g/mol. The third kappa shape index (κ3) is 3.90. The Hall–Kier alpha value is -1.19. The van der Waals surface area contributed by atoms with Crippen LogP contribution >= 0.6 is 15.9 Å². The molecule has 0 aliphatic heterocycles. The Bertz CT molecular complexity index is 583. The highest BCUT2D eigenvalue weighted by atomic mass is 79.9. The average Bonchev–Trinajstić information content (AvgIpc) is 2.41. The molecule has 1 nitrogen and oxygen atoms in total. The van der Waals surface area contributed by atoms with Crippen LogP contribution in [-0.4, -0.2) is 6.54 Å². The Balaban J connectivity index is 1.91. The number of hydrogen-bond donors (Lipinski definition) is 1. The van der Waals surface area contributed by atoms with Crippen LogP contribution in [0.5, 0.6) is 0 Å². The summed E-state index contributed by atoms with van der Waals surface area (Å²) < 4.78 is 14.2. The van der Waals surface area contributed by atoms with E-state index in [4.69, 9.17) is 0 Å². The van der Waals surface area contributed by atoms with Gasteiger partial charge in [0, 0.05) is 10.5 Å². The molecular formula is C17H19BrFN. The first kappa shape index (κ1) is 15.2. The van der Waals surface area contributed by atoms with Crippen LogP contribution in [0.25, 0.3) is 0 Å². The van der Waals surface area contributed by atoms with Gasteiger partial charge in [0.2, 0.25) is 0 Å². The third-order valence-electron chi connectivity index (χ3n) is 3.52. The molecule has 1 atom stereocenters. The van der Waals surface area contributed by atoms with E-state index in [1.165, 1.54) is 17.2 Å². The fraction of sp³-hybridized carbons (Fsp3) is 0.294. The molecule has 0 spiro atoms. The predicted molar refractivity (Wildman–Crippen MR) is 85.4 cm³/mol. The molecule has 106 valence electrons. The van der Waals surface area contributed by atoms with Crippen molar-refractivity contribution in [2.45, 2.75) is 26.3 Å². The van der Waals surface area contributed by atoms with Gasteiger partial charge in [-0.05, 0) is 61.7 Å². The second-order valence-corrected chi connectivity index (χ2v) is 5.87. The van der Waals surface area contributed by atoms with Gasteiger partial charge in [0.05, 0.1) is 0 Å². The molecule has 2 aromatic carbocycles. The molecule has 0 aliphatic rings. The molecule has 20 heavy (non-hydrogen) atoms. The van der Waals surface area contributed by atoms with Gasteiger partial charge in [0.15, 0.2) is 0 Å². The number of hydrogen-bond acceptors (Lipinski definition) is 1. The van der Waals surface area contributed by atoms with Crippen LogP contribution in [0.3, 0.4) is 0 Å². The number of nitrogens with one attached hydrogen (secondary N) is 1. The normalized spacial score (nSPS) is 12.4. The first-order valence-electron chi connectivity index (χ1n) is 6.81. The van der Waals surface area contributed by atoms with Crippen molar-refractivity contribution < 1.29 is 4.39 Å². The van der Waals surface area contributed by atoms with E-state index in [1.807, 2.05) is 25.1 Å². The molecule has 0 aliphatic carbocycles. The van der Waals surface area contributed by atoms with Crippen LogP contribution < -0.4 is 5.32 Å². The van der Waals surface area contributed by atoms with Crippen LogP contribution in [0, 0.1) is 12.7 Å². The summed E-state index contributed by atoms with van der Waals surface area (Å²) >= 11 is 3.57. The van der Waals surface area contributed by atoms with E-state index in [-0.39, 0.29) is 11.9 Å². The highest BCUT2D eigenvalue weighted by Crippen LogP contribution is 2.22. The Morgan fingerprint density at radius 3 is 2.65 bits per heavy atom. The smallest absolute Gasteiger partial charge is 0.123 e. The second kappa shape index (κ2) is 7.00. The monoisotopic (exact) mass is 335 g/mol. The molecule has 0 fully saturated rings. The molecule has 0 aromatic heterocycles. The molecule has 0 bridgehead atoms. The molecule has 0 saturated heterocycles. The fourth-order valence-electron chi connectivity index (χ4n) is 2.30. The lowest BCUT2D eigenvalue weighted by Crippen LogP contribution is -2.21. The van der Waals surface area contributed by atoms with Crippen molar-refractivity contribution in [2.24, 2.45) is 0 Å². The van der Waals surface area contributed by atoms with Gasteiger partial charge in [-0.2, -0.15) is 0 Å². The topological polar surface area (TPSA) is 12.0 Å². The van der Waals surface area contributed by atoms with Gasteiger partial charge in [-0.25, -0.2) is 4.39 Å². The van der Waals surface area contributed by atoms with Gasteiger partial charge in [-0.3, -0.25) is 0 Å². The summed E-state index contributed by atoms with van der Waals surface area (Å²) in [4.78, 5) is 0. The molecule has 0 saturated carbocycles. The third-order valence-corrected chi connectivity index (χ3v) is 4.24. The van der Waals surface area contributed by atoms with Crippen LogP contribution in [0.4, 0.5) is 4.39 Å². The summed E-state index contributed by atoms with van der Waals surface area (Å²) in [7, 11) is 0. The van der Waals surface area contributed by atoms with Crippen LogP contribution in [0.2, 0.25) is 0 Å². The molecule has 2 aromatic rings. The van der Waals surface area contributed by atoms with Crippen molar-refractivity contribution in [3.8, 4) is 0 Å². The van der Waals surface area contributed by atoms with E-state index >= 15 is 0 Å². The molecule has 3 heteroatoms. The summed E-state index contributed by atoms with van der Waals surface area (Å²) in [5, 5.41) is 3.51. The SMILES string of the molecule is Cc1cc(F)ccc1CCNC(C)c1ccccc1Br. The predicted octanol–water partition coefficient (Wildman–Crippen LogP) is 4.79. The maximum atomic E-state index is 13.0. The van der Waals surface area contributed by atoms with Gasteiger partial charge in [0.1, 0.15) is 5.82 Å². The summed E-state index contributed by atoms with van der Waals surface area (Å²) in [6, 6.07) is 13.5. The summed E-state index contributed by atoms with van der Waals surface area (Å²) in [6.45, 7) is 4.97. The summed E-state index contributed by atoms with van der Waals surface area (Å²) in [5.41, 5.74) is 3.46. The van der Waals surface area contributed by atoms with Gasteiger partial charge < -0.3 is 5.32 Å². The Kier molecular flexibility index (Phi) is 5.32. The maximum absolute atomic E-state index is 13.0. The zero-order valence-electron chi connectivity index (χ0n) is 11.8. The first-order chi connectivity index (χ1) is 9.58. The molecule has 2 rings (SSSR count). The van der Waals surface area contributed by atoms with Gasteiger partial charge in [0.25, 0.3) is 0 Å². The van der Waals surface area contributed by atoms with E-state index in [9.17, 15) is 4.39 Å². The molecule has 0 radical (unpaired) electrons. The summed E-state index contributed by atoms with van der Waals surface area (Å²) in [5.74, 6) is -0.166.